The third kappa shape index (κ3) is 3.48. The Hall–Kier alpha value is 0.500. The molecule has 76 valence electrons. The van der Waals surface area contributed by atoms with E-state index < -0.39 is 0 Å². The largest absolute Gasteiger partial charge is 0.314 e. The average Bonchev–Trinajstić information content (AvgIpc) is 2.06. The van der Waals surface area contributed by atoms with Crippen LogP contribution in [0, 0.1) is 0 Å². The molecular weight excluding hydrogens is 195 g/mol. The van der Waals surface area contributed by atoms with Gasteiger partial charge in [0.15, 0.2) is 0 Å². The molecular formula is C8H20Cl2N2. The molecule has 0 radical (unpaired) electrons. The molecule has 0 atom stereocenters. The summed E-state index contributed by atoms with van der Waals surface area (Å²) in [5, 5.41) is 6.98. The summed E-state index contributed by atoms with van der Waals surface area (Å²) in [4.78, 5) is 0. The summed E-state index contributed by atoms with van der Waals surface area (Å²) >= 11 is 0. The van der Waals surface area contributed by atoms with Gasteiger partial charge in [0.05, 0.1) is 0 Å². The van der Waals surface area contributed by atoms with Crippen LogP contribution in [-0.4, -0.2) is 25.2 Å². The Morgan fingerprint density at radius 3 is 1.92 bits per heavy atom. The van der Waals surface area contributed by atoms with Gasteiger partial charge in [0.1, 0.15) is 0 Å². The molecule has 4 heteroatoms. The fourth-order valence-corrected chi connectivity index (χ4v) is 1.56. The van der Waals surface area contributed by atoms with Crippen molar-refractivity contribution in [3.05, 3.63) is 0 Å². The highest BCUT2D eigenvalue weighted by Gasteiger charge is 2.26. The Bertz CT molecular complexity index is 97.2. The van der Waals surface area contributed by atoms with E-state index >= 15 is 0 Å². The Morgan fingerprint density at radius 1 is 1.08 bits per heavy atom. The van der Waals surface area contributed by atoms with E-state index in [0.29, 0.717) is 5.54 Å². The van der Waals surface area contributed by atoms with Crippen LogP contribution in [0.3, 0.4) is 0 Å². The summed E-state index contributed by atoms with van der Waals surface area (Å²) in [6, 6.07) is 0. The summed E-state index contributed by atoms with van der Waals surface area (Å²) in [7, 11) is 0. The smallest absolute Gasteiger partial charge is 0.0301 e. The van der Waals surface area contributed by atoms with Crippen molar-refractivity contribution in [3.8, 4) is 0 Å². The summed E-state index contributed by atoms with van der Waals surface area (Å²) in [6.07, 6.45) is 2.47. The van der Waals surface area contributed by atoms with E-state index in [1.54, 1.807) is 0 Å². The molecule has 2 nitrogen and oxygen atoms in total. The minimum Gasteiger partial charge on any atom is -0.314 e. The molecule has 1 saturated heterocycles. The van der Waals surface area contributed by atoms with E-state index in [0.717, 1.165) is 19.6 Å². The van der Waals surface area contributed by atoms with Crippen LogP contribution in [0.2, 0.25) is 0 Å². The zero-order valence-corrected chi connectivity index (χ0v) is 9.49. The maximum atomic E-state index is 3.57. The molecule has 1 fully saturated rings. The van der Waals surface area contributed by atoms with E-state index in [1.165, 1.54) is 12.8 Å². The molecule has 0 aromatic carbocycles. The fourth-order valence-electron chi connectivity index (χ4n) is 1.56. The van der Waals surface area contributed by atoms with Crippen molar-refractivity contribution >= 4 is 24.8 Å². The van der Waals surface area contributed by atoms with Gasteiger partial charge in [0.2, 0.25) is 0 Å². The maximum Gasteiger partial charge on any atom is 0.0301 e. The van der Waals surface area contributed by atoms with Gasteiger partial charge in [-0.2, -0.15) is 0 Å². The first-order valence-corrected chi connectivity index (χ1v) is 4.29. The van der Waals surface area contributed by atoms with Crippen LogP contribution in [0.25, 0.3) is 0 Å². The van der Waals surface area contributed by atoms with E-state index in [-0.39, 0.29) is 24.8 Å². The van der Waals surface area contributed by atoms with Crippen molar-refractivity contribution < 1.29 is 0 Å². The normalized spacial score (nSPS) is 20.5. The molecule has 1 aliphatic heterocycles. The lowest BCUT2D eigenvalue weighted by atomic mass is 9.91. The van der Waals surface area contributed by atoms with Crippen LogP contribution in [0.15, 0.2) is 0 Å². The number of hydrogen-bond acceptors (Lipinski definition) is 2. The number of nitrogens with one attached hydrogen (secondary N) is 2. The quantitative estimate of drug-likeness (QED) is 0.730. The van der Waals surface area contributed by atoms with Gasteiger partial charge in [0.25, 0.3) is 0 Å². The van der Waals surface area contributed by atoms with Crippen LogP contribution in [-0.2, 0) is 0 Å². The molecule has 0 spiro atoms. The predicted molar refractivity (Wildman–Crippen MR) is 58.7 cm³/mol. The molecule has 0 amide bonds. The topological polar surface area (TPSA) is 24.1 Å². The number of hydrogen-bond donors (Lipinski definition) is 2. The van der Waals surface area contributed by atoms with Crippen LogP contribution in [0.4, 0.5) is 0 Å². The van der Waals surface area contributed by atoms with Crippen molar-refractivity contribution in [2.45, 2.75) is 32.2 Å². The lowest BCUT2D eigenvalue weighted by Gasteiger charge is -2.37. The second-order valence-electron chi connectivity index (χ2n) is 3.09. The molecule has 0 unspecified atom stereocenters. The Morgan fingerprint density at radius 2 is 1.67 bits per heavy atom. The Kier molecular flexibility index (Phi) is 8.69. The van der Waals surface area contributed by atoms with Crippen molar-refractivity contribution in [2.24, 2.45) is 0 Å². The predicted octanol–water partition coefficient (Wildman–Crippen LogP) is 1.58. The number of halogens is 2. The second kappa shape index (κ2) is 6.96. The van der Waals surface area contributed by atoms with E-state index in [9.17, 15) is 0 Å². The highest BCUT2D eigenvalue weighted by Crippen LogP contribution is 2.14. The number of rotatable bonds is 2. The zero-order chi connectivity index (χ0) is 7.45. The standard InChI is InChI=1S/C8H18N2.2ClH/c1-3-8(4-2)7-9-5-6-10-8;;/h9-10H,3-7H2,1-2H3;2*1H. The Balaban J connectivity index is 0. The van der Waals surface area contributed by atoms with Gasteiger partial charge in [-0.3, -0.25) is 0 Å². The molecule has 1 rings (SSSR count). The summed E-state index contributed by atoms with van der Waals surface area (Å²) in [6.45, 7) is 7.90. The second-order valence-corrected chi connectivity index (χ2v) is 3.09. The Labute approximate surface area is 87.7 Å². The fraction of sp³-hybridized carbons (Fsp3) is 1.00. The van der Waals surface area contributed by atoms with E-state index in [2.05, 4.69) is 24.5 Å². The first-order valence-electron chi connectivity index (χ1n) is 4.29. The molecule has 0 bridgehead atoms. The van der Waals surface area contributed by atoms with Crippen molar-refractivity contribution in [1.29, 1.82) is 0 Å². The van der Waals surface area contributed by atoms with Crippen molar-refractivity contribution in [1.82, 2.24) is 10.6 Å². The molecule has 1 heterocycles. The molecule has 0 aromatic heterocycles. The summed E-state index contributed by atoms with van der Waals surface area (Å²) in [5.74, 6) is 0. The van der Waals surface area contributed by atoms with Crippen LogP contribution >= 0.6 is 24.8 Å². The van der Waals surface area contributed by atoms with Gasteiger partial charge in [-0.15, -0.1) is 24.8 Å². The lowest BCUT2D eigenvalue weighted by Crippen LogP contribution is -2.58. The van der Waals surface area contributed by atoms with Gasteiger partial charge in [-0.05, 0) is 12.8 Å². The lowest BCUT2D eigenvalue weighted by molar-refractivity contribution is 0.254. The summed E-state index contributed by atoms with van der Waals surface area (Å²) in [5.41, 5.74) is 0.401. The molecule has 0 saturated carbocycles. The minimum atomic E-state index is 0. The van der Waals surface area contributed by atoms with Gasteiger partial charge >= 0.3 is 0 Å². The van der Waals surface area contributed by atoms with Gasteiger partial charge in [0, 0.05) is 25.2 Å². The van der Waals surface area contributed by atoms with Gasteiger partial charge in [-0.25, -0.2) is 0 Å². The zero-order valence-electron chi connectivity index (χ0n) is 7.85. The SMILES string of the molecule is CCC1(CC)CNCCN1.Cl.Cl. The highest BCUT2D eigenvalue weighted by molar-refractivity contribution is 5.85. The first kappa shape index (κ1) is 15.0. The van der Waals surface area contributed by atoms with Crippen LogP contribution in [0.5, 0.6) is 0 Å². The van der Waals surface area contributed by atoms with Gasteiger partial charge in [-0.1, -0.05) is 13.8 Å². The minimum absolute atomic E-state index is 0. The van der Waals surface area contributed by atoms with Crippen LogP contribution in [0.1, 0.15) is 26.7 Å². The molecule has 0 aliphatic carbocycles. The third-order valence-corrected chi connectivity index (χ3v) is 2.62. The maximum absolute atomic E-state index is 3.57. The van der Waals surface area contributed by atoms with Crippen LogP contribution < -0.4 is 10.6 Å². The average molecular weight is 215 g/mol. The van der Waals surface area contributed by atoms with E-state index in [1.807, 2.05) is 0 Å². The summed E-state index contributed by atoms with van der Waals surface area (Å²) < 4.78 is 0. The van der Waals surface area contributed by atoms with Crippen molar-refractivity contribution in [3.63, 3.8) is 0 Å². The number of piperazine rings is 1. The van der Waals surface area contributed by atoms with Gasteiger partial charge < -0.3 is 10.6 Å². The first-order chi connectivity index (χ1) is 4.83. The van der Waals surface area contributed by atoms with Crippen molar-refractivity contribution in [2.75, 3.05) is 19.6 Å². The third-order valence-electron chi connectivity index (χ3n) is 2.62. The molecule has 0 aromatic rings. The van der Waals surface area contributed by atoms with E-state index in [4.69, 9.17) is 0 Å². The molecule has 2 N–H and O–H groups in total. The molecule has 12 heavy (non-hydrogen) atoms. The molecule has 1 aliphatic rings. The highest BCUT2D eigenvalue weighted by atomic mass is 35.5. The monoisotopic (exact) mass is 214 g/mol.